The molecule has 0 N–H and O–H groups in total. The van der Waals surface area contributed by atoms with Crippen molar-refractivity contribution in [2.45, 2.75) is 6.92 Å². The molecule has 0 unspecified atom stereocenters. The van der Waals surface area contributed by atoms with Gasteiger partial charge in [0.1, 0.15) is 5.82 Å². The summed E-state index contributed by atoms with van der Waals surface area (Å²) >= 11 is 8.57. The van der Waals surface area contributed by atoms with E-state index in [9.17, 15) is 4.39 Å². The summed E-state index contributed by atoms with van der Waals surface area (Å²) in [5.41, 5.74) is 0.657. The van der Waals surface area contributed by atoms with Crippen molar-refractivity contribution in [2.24, 2.45) is 0 Å². The van der Waals surface area contributed by atoms with Crippen LogP contribution >= 0.6 is 54.5 Å². The zero-order valence-corrected chi connectivity index (χ0v) is 10.9. The zero-order chi connectivity index (χ0) is 8.59. The number of rotatable bonds is 0. The minimum absolute atomic E-state index is 0.197. The molecule has 0 aromatic heterocycles. The summed E-state index contributed by atoms with van der Waals surface area (Å²) in [5, 5.41) is 0. The Morgan fingerprint density at radius 2 is 1.91 bits per heavy atom. The summed E-state index contributed by atoms with van der Waals surface area (Å²) in [7, 11) is 0. The van der Waals surface area contributed by atoms with E-state index in [0.29, 0.717) is 10.0 Å². The Bertz CT molecular complexity index is 273. The van der Waals surface area contributed by atoms with Crippen LogP contribution in [0.4, 0.5) is 4.39 Å². The van der Waals surface area contributed by atoms with Gasteiger partial charge in [-0.25, -0.2) is 4.39 Å². The zero-order valence-electron chi connectivity index (χ0n) is 5.59. The normalized spacial score (nSPS) is 10.3. The Morgan fingerprint density at radius 1 is 1.36 bits per heavy atom. The van der Waals surface area contributed by atoms with Crippen LogP contribution in [0.1, 0.15) is 5.56 Å². The first-order chi connectivity index (χ1) is 5.04. The maximum absolute atomic E-state index is 13.1. The smallest absolute Gasteiger partial charge is 0.141 e. The van der Waals surface area contributed by atoms with Crippen molar-refractivity contribution in [3.8, 4) is 0 Å². The number of hydrogen-bond donors (Lipinski definition) is 0. The number of benzene rings is 1. The first-order valence-corrected chi connectivity index (χ1v) is 5.50. The van der Waals surface area contributed by atoms with Gasteiger partial charge in [-0.2, -0.15) is 0 Å². The molecule has 0 nitrogen and oxygen atoms in total. The lowest BCUT2D eigenvalue weighted by molar-refractivity contribution is 0.610. The molecule has 0 spiro atoms. The molecule has 0 amide bonds. The molecule has 0 bridgehead atoms. The molecule has 0 aliphatic heterocycles. The van der Waals surface area contributed by atoms with E-state index in [4.69, 9.17) is 0 Å². The van der Waals surface area contributed by atoms with E-state index in [0.717, 1.165) is 8.04 Å². The molecule has 0 aliphatic carbocycles. The predicted octanol–water partition coefficient (Wildman–Crippen LogP) is 4.26. The van der Waals surface area contributed by atoms with Gasteiger partial charge in [-0.1, -0.05) is 0 Å². The molecule has 1 rings (SSSR count). The highest BCUT2D eigenvalue weighted by Gasteiger charge is 2.09. The Balaban J connectivity index is 3.46. The maximum Gasteiger partial charge on any atom is 0.141 e. The Kier molecular flexibility index (Phi) is 3.34. The minimum Gasteiger partial charge on any atom is -0.205 e. The Labute approximate surface area is 95.0 Å². The van der Waals surface area contributed by atoms with Crippen LogP contribution in [-0.4, -0.2) is 0 Å². The molecule has 0 atom stereocenters. The molecule has 0 radical (unpaired) electrons. The summed E-state index contributed by atoms with van der Waals surface area (Å²) in [6, 6.07) is 1.80. The van der Waals surface area contributed by atoms with Gasteiger partial charge in [0.25, 0.3) is 0 Å². The lowest BCUT2D eigenvalue weighted by Gasteiger charge is -2.03. The van der Waals surface area contributed by atoms with Crippen molar-refractivity contribution >= 4 is 54.5 Å². The largest absolute Gasteiger partial charge is 0.205 e. The van der Waals surface area contributed by atoms with Gasteiger partial charge in [0.05, 0.1) is 4.47 Å². The predicted molar refractivity (Wildman–Crippen MR) is 59.3 cm³/mol. The fourth-order valence-corrected chi connectivity index (χ4v) is 2.61. The fraction of sp³-hybridized carbons (Fsp3) is 0.143. The van der Waals surface area contributed by atoms with Gasteiger partial charge in [-0.15, -0.1) is 0 Å². The van der Waals surface area contributed by atoms with Crippen molar-refractivity contribution < 1.29 is 4.39 Å². The lowest BCUT2D eigenvalue weighted by Crippen LogP contribution is -1.88. The van der Waals surface area contributed by atoms with Crippen LogP contribution in [0.15, 0.2) is 15.0 Å². The van der Waals surface area contributed by atoms with Gasteiger partial charge in [-0.05, 0) is 73.0 Å². The molecule has 0 heterocycles. The number of halogens is 4. The van der Waals surface area contributed by atoms with Crippen LogP contribution in [0, 0.1) is 16.3 Å². The molecular formula is C7H4Br2FI. The van der Waals surface area contributed by atoms with E-state index in [1.165, 1.54) is 0 Å². The summed E-state index contributed by atoms with van der Waals surface area (Å²) in [4.78, 5) is 0. The van der Waals surface area contributed by atoms with Crippen LogP contribution in [-0.2, 0) is 0 Å². The fourth-order valence-electron chi connectivity index (χ4n) is 0.691. The summed E-state index contributed by atoms with van der Waals surface area (Å²) < 4.78 is 15.4. The second-order valence-corrected chi connectivity index (χ2v) is 4.87. The molecular weight excluding hydrogens is 390 g/mol. The van der Waals surface area contributed by atoms with E-state index in [2.05, 4.69) is 54.5 Å². The average molecular weight is 394 g/mol. The molecule has 0 saturated carbocycles. The van der Waals surface area contributed by atoms with Gasteiger partial charge >= 0.3 is 0 Å². The third kappa shape index (κ3) is 1.95. The minimum atomic E-state index is -0.197. The Hall–Kier alpha value is 0.840. The monoisotopic (exact) mass is 392 g/mol. The molecule has 1 aromatic rings. The van der Waals surface area contributed by atoms with Crippen LogP contribution in [0.5, 0.6) is 0 Å². The maximum atomic E-state index is 13.1. The third-order valence-corrected chi connectivity index (χ3v) is 4.98. The van der Waals surface area contributed by atoms with Crippen LogP contribution in [0.3, 0.4) is 0 Å². The van der Waals surface area contributed by atoms with Crippen molar-refractivity contribution in [1.82, 2.24) is 0 Å². The highest BCUT2D eigenvalue weighted by molar-refractivity contribution is 14.1. The third-order valence-electron chi connectivity index (χ3n) is 1.28. The van der Waals surface area contributed by atoms with Gasteiger partial charge < -0.3 is 0 Å². The van der Waals surface area contributed by atoms with E-state index in [-0.39, 0.29) is 5.82 Å². The quantitative estimate of drug-likeness (QED) is 0.351. The van der Waals surface area contributed by atoms with Gasteiger partial charge in [0.2, 0.25) is 0 Å². The molecule has 60 valence electrons. The first-order valence-electron chi connectivity index (χ1n) is 2.83. The van der Waals surface area contributed by atoms with Crippen molar-refractivity contribution in [2.75, 3.05) is 0 Å². The molecule has 4 heteroatoms. The average Bonchev–Trinajstić information content (AvgIpc) is 1.97. The van der Waals surface area contributed by atoms with Crippen LogP contribution in [0.25, 0.3) is 0 Å². The molecule has 0 aliphatic rings. The summed E-state index contributed by atoms with van der Waals surface area (Å²) in [5.74, 6) is -0.197. The van der Waals surface area contributed by atoms with E-state index >= 15 is 0 Å². The van der Waals surface area contributed by atoms with E-state index in [1.54, 1.807) is 13.0 Å². The molecule has 0 fully saturated rings. The topological polar surface area (TPSA) is 0 Å². The second kappa shape index (κ2) is 3.70. The molecule has 11 heavy (non-hydrogen) atoms. The van der Waals surface area contributed by atoms with Crippen molar-refractivity contribution in [3.63, 3.8) is 0 Å². The summed E-state index contributed by atoms with van der Waals surface area (Å²) in [6.45, 7) is 1.74. The van der Waals surface area contributed by atoms with Gasteiger partial charge in [0.15, 0.2) is 0 Å². The molecule has 1 aromatic carbocycles. The Morgan fingerprint density at radius 3 is 2.45 bits per heavy atom. The van der Waals surface area contributed by atoms with Gasteiger partial charge in [0, 0.05) is 8.04 Å². The second-order valence-electron chi connectivity index (χ2n) is 2.12. The van der Waals surface area contributed by atoms with E-state index < -0.39 is 0 Å². The molecule has 0 saturated heterocycles. The number of hydrogen-bond acceptors (Lipinski definition) is 0. The SMILES string of the molecule is Cc1cc(I)c(Br)c(Br)c1F. The van der Waals surface area contributed by atoms with Gasteiger partial charge in [-0.3, -0.25) is 0 Å². The van der Waals surface area contributed by atoms with E-state index in [1.807, 2.05) is 0 Å². The van der Waals surface area contributed by atoms with Crippen molar-refractivity contribution in [3.05, 3.63) is 30.0 Å². The van der Waals surface area contributed by atoms with Crippen molar-refractivity contribution in [1.29, 1.82) is 0 Å². The van der Waals surface area contributed by atoms with Crippen LogP contribution < -0.4 is 0 Å². The highest BCUT2D eigenvalue weighted by atomic mass is 127. The highest BCUT2D eigenvalue weighted by Crippen LogP contribution is 2.32. The standard InChI is InChI=1S/C7H4Br2FI/c1-3-2-4(11)5(8)6(9)7(3)10/h2H,1H3. The lowest BCUT2D eigenvalue weighted by atomic mass is 10.2. The first kappa shape index (κ1) is 9.92. The summed E-state index contributed by atoms with van der Waals surface area (Å²) in [6.07, 6.45) is 0. The number of aryl methyl sites for hydroxylation is 1. The van der Waals surface area contributed by atoms with Crippen LogP contribution in [0.2, 0.25) is 0 Å².